The summed E-state index contributed by atoms with van der Waals surface area (Å²) in [4.78, 5) is 0. The number of hydrogen-bond acceptors (Lipinski definition) is 4. The van der Waals surface area contributed by atoms with Crippen LogP contribution in [0.1, 0.15) is 0 Å². The summed E-state index contributed by atoms with van der Waals surface area (Å²) in [5, 5.41) is 0. The number of benzene rings is 4. The van der Waals surface area contributed by atoms with E-state index in [1.807, 2.05) is 48.5 Å². The van der Waals surface area contributed by atoms with Gasteiger partial charge < -0.3 is 0 Å². The van der Waals surface area contributed by atoms with Crippen molar-refractivity contribution in [2.24, 2.45) is 0 Å². The Morgan fingerprint density at radius 1 is 0.310 bits per heavy atom. The molecule has 4 aromatic rings. The number of nitrogen functional groups attached to an aromatic ring is 4. The molecule has 8 N–H and O–H groups in total. The van der Waals surface area contributed by atoms with Crippen molar-refractivity contribution in [3.63, 3.8) is 0 Å². The van der Waals surface area contributed by atoms with E-state index < -0.39 is 13.6 Å². The Morgan fingerprint density at radius 3 is 0.655 bits per heavy atom. The SMILES string of the molecule is Nc1ccc([As+](c2ccc(N)cc2)(c2ccc(N)cc2)c2ccc(N)cc2)cc1. The van der Waals surface area contributed by atoms with Crippen molar-refractivity contribution in [1.82, 2.24) is 0 Å². The first kappa shape index (κ1) is 19.0. The second-order valence-corrected chi connectivity index (χ2v) is 14.2. The fourth-order valence-electron chi connectivity index (χ4n) is 3.69. The van der Waals surface area contributed by atoms with Crippen LogP contribution in [0.25, 0.3) is 0 Å². The van der Waals surface area contributed by atoms with Crippen molar-refractivity contribution in [3.8, 4) is 0 Å². The molecule has 4 nitrogen and oxygen atoms in total. The molecule has 0 aliphatic heterocycles. The quantitative estimate of drug-likeness (QED) is 0.283. The molecule has 29 heavy (non-hydrogen) atoms. The number of rotatable bonds is 4. The van der Waals surface area contributed by atoms with E-state index in [0.29, 0.717) is 0 Å². The molecule has 0 aromatic heterocycles. The van der Waals surface area contributed by atoms with Crippen LogP contribution in [0.2, 0.25) is 0 Å². The van der Waals surface area contributed by atoms with Gasteiger partial charge in [-0.1, -0.05) is 0 Å². The number of nitrogens with two attached hydrogens (primary N) is 4. The molecule has 0 spiro atoms. The maximum absolute atomic E-state index is 6.02. The van der Waals surface area contributed by atoms with E-state index >= 15 is 0 Å². The average molecular weight is 443 g/mol. The molecule has 0 unspecified atom stereocenters. The Balaban J connectivity index is 2.11. The van der Waals surface area contributed by atoms with Crippen LogP contribution in [0.3, 0.4) is 0 Å². The molecule has 0 bridgehead atoms. The first-order chi connectivity index (χ1) is 14.0. The summed E-state index contributed by atoms with van der Waals surface area (Å²) in [6, 6.07) is 32.9. The number of hydrogen-bond donors (Lipinski definition) is 4. The Labute approximate surface area is 173 Å². The van der Waals surface area contributed by atoms with Crippen LogP contribution >= 0.6 is 0 Å². The van der Waals surface area contributed by atoms with Crippen molar-refractivity contribution < 1.29 is 0 Å². The van der Waals surface area contributed by atoms with E-state index in [-0.39, 0.29) is 0 Å². The van der Waals surface area contributed by atoms with Gasteiger partial charge in [0.05, 0.1) is 0 Å². The van der Waals surface area contributed by atoms with Gasteiger partial charge in [0, 0.05) is 0 Å². The molecule has 0 aliphatic rings. The van der Waals surface area contributed by atoms with Gasteiger partial charge >= 0.3 is 174 Å². The molecule has 0 fully saturated rings. The van der Waals surface area contributed by atoms with Gasteiger partial charge in [-0.15, -0.1) is 0 Å². The third-order valence-corrected chi connectivity index (χ3v) is 14.1. The van der Waals surface area contributed by atoms with Crippen LogP contribution in [-0.4, -0.2) is 13.6 Å². The minimum atomic E-state index is -3.10. The van der Waals surface area contributed by atoms with Gasteiger partial charge in [0.25, 0.3) is 0 Å². The van der Waals surface area contributed by atoms with E-state index in [1.165, 1.54) is 17.4 Å². The fraction of sp³-hybridized carbons (Fsp3) is 0. The van der Waals surface area contributed by atoms with Crippen molar-refractivity contribution in [2.45, 2.75) is 0 Å². The van der Waals surface area contributed by atoms with Gasteiger partial charge in [0.1, 0.15) is 0 Å². The molecule has 0 saturated carbocycles. The van der Waals surface area contributed by atoms with Gasteiger partial charge in [-0.05, 0) is 0 Å². The molecule has 144 valence electrons. The summed E-state index contributed by atoms with van der Waals surface area (Å²) in [6.07, 6.45) is 0. The molecule has 0 aliphatic carbocycles. The summed E-state index contributed by atoms with van der Waals surface area (Å²) in [6.45, 7) is 0. The van der Waals surface area contributed by atoms with Crippen LogP contribution in [0.4, 0.5) is 22.7 Å². The second kappa shape index (κ2) is 7.57. The summed E-state index contributed by atoms with van der Waals surface area (Å²) < 4.78 is 5.04. The summed E-state index contributed by atoms with van der Waals surface area (Å²) in [5.74, 6) is 0. The normalized spacial score (nSPS) is 11.3. The molecular formula is C24H24AsN4+. The Kier molecular flexibility index (Phi) is 4.96. The van der Waals surface area contributed by atoms with Crippen LogP contribution < -0.4 is 40.3 Å². The zero-order valence-corrected chi connectivity index (χ0v) is 17.9. The molecular weight excluding hydrogens is 419 g/mol. The van der Waals surface area contributed by atoms with E-state index in [9.17, 15) is 0 Å². The maximum atomic E-state index is 6.02. The van der Waals surface area contributed by atoms with Gasteiger partial charge in [-0.25, -0.2) is 0 Å². The molecule has 0 atom stereocenters. The molecule has 4 aromatic carbocycles. The third kappa shape index (κ3) is 3.43. The zero-order valence-electron chi connectivity index (χ0n) is 16.0. The first-order valence-corrected chi connectivity index (χ1v) is 13.1. The number of anilines is 4. The monoisotopic (exact) mass is 443 g/mol. The molecule has 0 radical (unpaired) electrons. The van der Waals surface area contributed by atoms with Crippen LogP contribution in [0, 0.1) is 0 Å². The molecule has 0 amide bonds. The van der Waals surface area contributed by atoms with Gasteiger partial charge in [0.2, 0.25) is 0 Å². The Bertz CT molecular complexity index is 916. The van der Waals surface area contributed by atoms with E-state index in [0.717, 1.165) is 22.7 Å². The van der Waals surface area contributed by atoms with Crippen molar-refractivity contribution in [3.05, 3.63) is 97.1 Å². The van der Waals surface area contributed by atoms with Gasteiger partial charge in [-0.2, -0.15) is 0 Å². The average Bonchev–Trinajstić information content (AvgIpc) is 2.73. The predicted octanol–water partition coefficient (Wildman–Crippen LogP) is 1.39. The van der Waals surface area contributed by atoms with Gasteiger partial charge in [0.15, 0.2) is 0 Å². The standard InChI is InChI=1S/C24H24AsN4/c26-21-9-1-17(2-10-21)25(18-3-11-22(27)12-4-18,19-5-13-23(28)14-6-19)20-7-15-24(29)16-8-20/h1-16H,26-29H2/q+1. The van der Waals surface area contributed by atoms with Crippen LogP contribution in [0.5, 0.6) is 0 Å². The topological polar surface area (TPSA) is 104 Å². The van der Waals surface area contributed by atoms with Crippen molar-refractivity contribution in [1.29, 1.82) is 0 Å². The minimum absolute atomic E-state index is 0.745. The molecule has 0 saturated heterocycles. The summed E-state index contributed by atoms with van der Waals surface area (Å²) in [5.41, 5.74) is 27.0. The summed E-state index contributed by atoms with van der Waals surface area (Å²) >= 11 is -3.10. The van der Waals surface area contributed by atoms with Crippen molar-refractivity contribution >= 4 is 53.7 Å². The first-order valence-electron chi connectivity index (χ1n) is 9.33. The predicted molar refractivity (Wildman–Crippen MR) is 128 cm³/mol. The molecule has 5 heteroatoms. The molecule has 4 rings (SSSR count). The Morgan fingerprint density at radius 2 is 0.483 bits per heavy atom. The second-order valence-electron chi connectivity index (χ2n) is 7.04. The van der Waals surface area contributed by atoms with E-state index in [2.05, 4.69) is 48.5 Å². The van der Waals surface area contributed by atoms with Crippen molar-refractivity contribution in [2.75, 3.05) is 22.9 Å². The fourth-order valence-corrected chi connectivity index (χ4v) is 12.4. The Hall–Kier alpha value is -3.36. The van der Waals surface area contributed by atoms with Gasteiger partial charge in [-0.3, -0.25) is 0 Å². The van der Waals surface area contributed by atoms with Crippen LogP contribution in [0.15, 0.2) is 97.1 Å². The van der Waals surface area contributed by atoms with E-state index in [4.69, 9.17) is 22.9 Å². The molecule has 0 heterocycles. The van der Waals surface area contributed by atoms with Crippen LogP contribution in [-0.2, 0) is 0 Å². The summed E-state index contributed by atoms with van der Waals surface area (Å²) in [7, 11) is 0. The zero-order chi connectivity index (χ0) is 20.4. The third-order valence-electron chi connectivity index (χ3n) is 5.12. The van der Waals surface area contributed by atoms with E-state index in [1.54, 1.807) is 0 Å².